The Morgan fingerprint density at radius 3 is 2.44 bits per heavy atom. The Morgan fingerprint density at radius 2 is 1.94 bits per heavy atom. The molecule has 5 N–H and O–H groups in total. The van der Waals surface area contributed by atoms with E-state index in [0.29, 0.717) is 15.4 Å². The maximum Gasteiger partial charge on any atom is 0.272 e. The van der Waals surface area contributed by atoms with Gasteiger partial charge in [0.25, 0.3) is 5.88 Å². The smallest absolute Gasteiger partial charge is 0.272 e. The van der Waals surface area contributed by atoms with Crippen LogP contribution in [0.25, 0.3) is 0 Å². The number of halogens is 1. The third-order valence-electron chi connectivity index (χ3n) is 1.96. The number of nitrogen functional groups attached to an aromatic ring is 1. The van der Waals surface area contributed by atoms with Gasteiger partial charge in [0.1, 0.15) is 0 Å². The molecule has 0 aliphatic rings. The van der Waals surface area contributed by atoms with Crippen molar-refractivity contribution in [2.75, 3.05) is 11.1 Å². The SMILES string of the molecule is Nc1nc(Nc2ccc(Cl)cc2)n(O)c1O. The standard InChI is InChI=1S/C9H9ClN4O2/c10-5-1-3-6(4-2-5)12-9-13-7(11)8(15)14(9)16/h1-4,15-16H,11H2,(H,12,13). The van der Waals surface area contributed by atoms with Gasteiger partial charge >= 0.3 is 0 Å². The van der Waals surface area contributed by atoms with E-state index in [9.17, 15) is 10.3 Å². The molecule has 0 amide bonds. The summed E-state index contributed by atoms with van der Waals surface area (Å²) in [5.74, 6) is -0.632. The zero-order chi connectivity index (χ0) is 11.7. The first-order valence-electron chi connectivity index (χ1n) is 4.37. The number of aromatic hydroxyl groups is 1. The second kappa shape index (κ2) is 3.82. The highest BCUT2D eigenvalue weighted by atomic mass is 35.5. The van der Waals surface area contributed by atoms with Crippen LogP contribution in [0.3, 0.4) is 0 Å². The maximum absolute atomic E-state index is 9.37. The van der Waals surface area contributed by atoms with Gasteiger partial charge in [-0.05, 0) is 24.3 Å². The highest BCUT2D eigenvalue weighted by Crippen LogP contribution is 2.25. The van der Waals surface area contributed by atoms with Crippen LogP contribution in [0.4, 0.5) is 17.5 Å². The van der Waals surface area contributed by atoms with Gasteiger partial charge in [-0.15, -0.1) is 4.73 Å². The van der Waals surface area contributed by atoms with Gasteiger partial charge in [0, 0.05) is 10.7 Å². The molecule has 1 aromatic heterocycles. The second-order valence-corrected chi connectivity index (χ2v) is 3.52. The highest BCUT2D eigenvalue weighted by molar-refractivity contribution is 6.30. The molecule has 0 saturated heterocycles. The highest BCUT2D eigenvalue weighted by Gasteiger charge is 2.13. The van der Waals surface area contributed by atoms with E-state index in [4.69, 9.17) is 17.3 Å². The normalized spacial score (nSPS) is 10.3. The van der Waals surface area contributed by atoms with Crippen LogP contribution in [0.1, 0.15) is 0 Å². The molecule has 0 atom stereocenters. The first kappa shape index (κ1) is 10.4. The molecule has 0 aliphatic heterocycles. The Hall–Kier alpha value is -2.08. The fraction of sp³-hybridized carbons (Fsp3) is 0. The number of nitrogens with one attached hydrogen (secondary N) is 1. The summed E-state index contributed by atoms with van der Waals surface area (Å²) in [4.78, 5) is 3.72. The van der Waals surface area contributed by atoms with Crippen molar-refractivity contribution in [1.82, 2.24) is 9.71 Å². The van der Waals surface area contributed by atoms with Crippen LogP contribution in [-0.4, -0.2) is 20.0 Å². The molecule has 0 unspecified atom stereocenters. The third-order valence-corrected chi connectivity index (χ3v) is 2.21. The van der Waals surface area contributed by atoms with Crippen molar-refractivity contribution in [2.24, 2.45) is 0 Å². The predicted octanol–water partition coefficient (Wildman–Crippen LogP) is 1.81. The summed E-state index contributed by atoms with van der Waals surface area (Å²) in [5.41, 5.74) is 5.97. The Labute approximate surface area is 95.9 Å². The van der Waals surface area contributed by atoms with Gasteiger partial charge in [-0.25, -0.2) is 0 Å². The minimum absolute atomic E-state index is 0.0253. The van der Waals surface area contributed by atoms with E-state index < -0.39 is 5.88 Å². The van der Waals surface area contributed by atoms with Gasteiger partial charge < -0.3 is 21.4 Å². The van der Waals surface area contributed by atoms with Gasteiger partial charge in [0.05, 0.1) is 0 Å². The molecule has 16 heavy (non-hydrogen) atoms. The molecule has 2 aromatic rings. The molecule has 7 heteroatoms. The minimum atomic E-state index is -0.503. The minimum Gasteiger partial charge on any atom is -0.490 e. The molecular weight excluding hydrogens is 232 g/mol. The molecule has 0 aliphatic carbocycles. The number of rotatable bonds is 2. The van der Waals surface area contributed by atoms with E-state index in [1.165, 1.54) is 0 Å². The summed E-state index contributed by atoms with van der Waals surface area (Å²) in [6.45, 7) is 0. The van der Waals surface area contributed by atoms with Crippen molar-refractivity contribution >= 4 is 29.1 Å². The molecule has 0 radical (unpaired) electrons. The molecule has 2 rings (SSSR count). The molecular formula is C9H9ClN4O2. The Bertz CT molecular complexity index is 509. The Balaban J connectivity index is 2.27. The number of benzene rings is 1. The lowest BCUT2D eigenvalue weighted by atomic mass is 10.3. The van der Waals surface area contributed by atoms with Gasteiger partial charge in [-0.2, -0.15) is 4.98 Å². The largest absolute Gasteiger partial charge is 0.490 e. The zero-order valence-corrected chi connectivity index (χ0v) is 8.81. The van der Waals surface area contributed by atoms with Gasteiger partial charge in [-0.3, -0.25) is 0 Å². The topological polar surface area (TPSA) is 96.3 Å². The number of hydrogen-bond donors (Lipinski definition) is 4. The van der Waals surface area contributed by atoms with E-state index >= 15 is 0 Å². The molecule has 6 nitrogen and oxygen atoms in total. The van der Waals surface area contributed by atoms with Gasteiger partial charge in [-0.1, -0.05) is 11.6 Å². The van der Waals surface area contributed by atoms with E-state index in [1.807, 2.05) is 0 Å². The average Bonchev–Trinajstić information content (AvgIpc) is 2.50. The lowest BCUT2D eigenvalue weighted by Gasteiger charge is -2.04. The number of nitrogens with zero attached hydrogens (tertiary/aromatic N) is 2. The summed E-state index contributed by atoms with van der Waals surface area (Å²) in [7, 11) is 0. The Kier molecular flexibility index (Phi) is 2.49. The molecule has 0 spiro atoms. The second-order valence-electron chi connectivity index (χ2n) is 3.09. The number of aromatic nitrogens is 2. The number of hydrogen-bond acceptors (Lipinski definition) is 5. The lowest BCUT2D eigenvalue weighted by Crippen LogP contribution is -1.99. The lowest BCUT2D eigenvalue weighted by molar-refractivity contribution is 0.161. The third kappa shape index (κ3) is 1.82. The van der Waals surface area contributed by atoms with Crippen molar-refractivity contribution < 1.29 is 10.3 Å². The van der Waals surface area contributed by atoms with Crippen LogP contribution < -0.4 is 11.1 Å². The fourth-order valence-corrected chi connectivity index (χ4v) is 1.29. The van der Waals surface area contributed by atoms with E-state index in [0.717, 1.165) is 0 Å². The zero-order valence-electron chi connectivity index (χ0n) is 8.05. The Morgan fingerprint density at radius 1 is 1.31 bits per heavy atom. The van der Waals surface area contributed by atoms with Crippen molar-refractivity contribution in [3.63, 3.8) is 0 Å². The fourth-order valence-electron chi connectivity index (χ4n) is 1.16. The van der Waals surface area contributed by atoms with Crippen molar-refractivity contribution in [1.29, 1.82) is 0 Å². The first-order chi connectivity index (χ1) is 7.58. The number of anilines is 3. The van der Waals surface area contributed by atoms with Gasteiger partial charge in [0.15, 0.2) is 5.82 Å². The number of nitrogens with two attached hydrogens (primary N) is 1. The quantitative estimate of drug-likeness (QED) is 0.601. The predicted molar refractivity (Wildman–Crippen MR) is 60.2 cm³/mol. The summed E-state index contributed by atoms with van der Waals surface area (Å²) >= 11 is 5.72. The molecule has 84 valence electrons. The van der Waals surface area contributed by atoms with Crippen LogP contribution in [0.15, 0.2) is 24.3 Å². The van der Waals surface area contributed by atoms with Gasteiger partial charge in [0.2, 0.25) is 5.95 Å². The number of imidazole rings is 1. The summed E-state index contributed by atoms with van der Waals surface area (Å²) in [5, 5.41) is 21.9. The van der Waals surface area contributed by atoms with Crippen LogP contribution in [0, 0.1) is 0 Å². The molecule has 1 heterocycles. The van der Waals surface area contributed by atoms with Crippen molar-refractivity contribution in [3.05, 3.63) is 29.3 Å². The van der Waals surface area contributed by atoms with Crippen LogP contribution in [0.5, 0.6) is 5.88 Å². The average molecular weight is 241 g/mol. The van der Waals surface area contributed by atoms with Crippen LogP contribution in [-0.2, 0) is 0 Å². The molecule has 1 aromatic carbocycles. The molecule has 0 fully saturated rings. The first-order valence-corrected chi connectivity index (χ1v) is 4.75. The monoisotopic (exact) mass is 240 g/mol. The van der Waals surface area contributed by atoms with Crippen molar-refractivity contribution in [3.8, 4) is 5.88 Å². The van der Waals surface area contributed by atoms with E-state index in [-0.39, 0.29) is 11.8 Å². The summed E-state index contributed by atoms with van der Waals surface area (Å²) in [6, 6.07) is 6.75. The van der Waals surface area contributed by atoms with E-state index in [1.54, 1.807) is 24.3 Å². The van der Waals surface area contributed by atoms with E-state index in [2.05, 4.69) is 10.3 Å². The summed E-state index contributed by atoms with van der Waals surface area (Å²) < 4.78 is 0.462. The molecule has 0 bridgehead atoms. The van der Waals surface area contributed by atoms with Crippen molar-refractivity contribution in [2.45, 2.75) is 0 Å². The van der Waals surface area contributed by atoms with Crippen LogP contribution >= 0.6 is 11.6 Å². The van der Waals surface area contributed by atoms with Crippen LogP contribution in [0.2, 0.25) is 5.02 Å². The molecule has 0 saturated carbocycles. The maximum atomic E-state index is 9.37. The summed E-state index contributed by atoms with van der Waals surface area (Å²) in [6.07, 6.45) is 0.